The van der Waals surface area contributed by atoms with Gasteiger partial charge >= 0.3 is 6.18 Å². The number of alkyl halides is 3. The predicted molar refractivity (Wildman–Crippen MR) is 113 cm³/mol. The van der Waals surface area contributed by atoms with E-state index in [2.05, 4.69) is 22.5 Å². The molecule has 2 saturated heterocycles. The molecule has 160 valence electrons. The highest BCUT2D eigenvalue weighted by Gasteiger charge is 2.32. The lowest BCUT2D eigenvalue weighted by atomic mass is 9.93. The Bertz CT molecular complexity index is 448. The molecular weight excluding hydrogens is 472 g/mol. The van der Waals surface area contributed by atoms with Crippen molar-refractivity contribution in [2.24, 2.45) is 10.9 Å². The third-order valence-electron chi connectivity index (χ3n) is 5.17. The zero-order chi connectivity index (χ0) is 19.0. The summed E-state index contributed by atoms with van der Waals surface area (Å²) in [4.78, 5) is 6.15. The van der Waals surface area contributed by atoms with Crippen molar-refractivity contribution in [1.82, 2.24) is 15.5 Å². The lowest BCUT2D eigenvalue weighted by Crippen LogP contribution is -2.42. The van der Waals surface area contributed by atoms with Gasteiger partial charge in [-0.05, 0) is 65.0 Å². The third-order valence-corrected chi connectivity index (χ3v) is 5.17. The van der Waals surface area contributed by atoms with Gasteiger partial charge in [-0.15, -0.1) is 24.0 Å². The lowest BCUT2D eigenvalue weighted by Gasteiger charge is -2.32. The van der Waals surface area contributed by atoms with Crippen molar-refractivity contribution in [3.63, 3.8) is 0 Å². The summed E-state index contributed by atoms with van der Waals surface area (Å²) in [5, 5.41) is 6.59. The van der Waals surface area contributed by atoms with Crippen LogP contribution in [0.3, 0.4) is 0 Å². The molecule has 0 amide bonds. The molecule has 5 nitrogen and oxygen atoms in total. The van der Waals surface area contributed by atoms with Crippen LogP contribution in [0.5, 0.6) is 0 Å². The molecular formula is C18H34F3IN4O. The molecule has 2 heterocycles. The van der Waals surface area contributed by atoms with Crippen LogP contribution in [0.1, 0.15) is 46.0 Å². The molecule has 0 saturated carbocycles. The van der Waals surface area contributed by atoms with Crippen LogP contribution in [-0.2, 0) is 4.74 Å². The van der Waals surface area contributed by atoms with Crippen LogP contribution < -0.4 is 10.6 Å². The number of halogens is 4. The summed E-state index contributed by atoms with van der Waals surface area (Å²) in [5.74, 6) is 1.27. The van der Waals surface area contributed by atoms with Gasteiger partial charge in [0.25, 0.3) is 0 Å². The van der Waals surface area contributed by atoms with Crippen LogP contribution in [0.2, 0.25) is 0 Å². The summed E-state index contributed by atoms with van der Waals surface area (Å²) in [7, 11) is 0. The number of likely N-dealkylation sites (tertiary alicyclic amines) is 1. The van der Waals surface area contributed by atoms with Gasteiger partial charge in [-0.25, -0.2) is 0 Å². The van der Waals surface area contributed by atoms with Crippen molar-refractivity contribution in [2.45, 2.75) is 57.7 Å². The maximum atomic E-state index is 12.4. The molecule has 27 heavy (non-hydrogen) atoms. The Kier molecular flexibility index (Phi) is 10.7. The molecule has 0 radical (unpaired) electrons. The molecule has 1 unspecified atom stereocenters. The standard InChI is InChI=1S/C18H33F3N4O.HI/c1-3-22-16(24-13-17(2)8-4-12-26-17)23-9-5-15-6-10-25(11-7-15)14-18(19,20)21;/h15H,3-14H2,1-2H3,(H2,22,23,24);1H. The molecule has 1 atom stereocenters. The summed E-state index contributed by atoms with van der Waals surface area (Å²) in [5.41, 5.74) is -0.159. The first-order chi connectivity index (χ1) is 12.3. The fourth-order valence-electron chi connectivity index (χ4n) is 3.63. The number of ether oxygens (including phenoxy) is 1. The van der Waals surface area contributed by atoms with Crippen LogP contribution in [0.15, 0.2) is 4.99 Å². The van der Waals surface area contributed by atoms with Gasteiger partial charge in [0, 0.05) is 19.7 Å². The van der Waals surface area contributed by atoms with Crippen LogP contribution in [0.25, 0.3) is 0 Å². The molecule has 2 aliphatic rings. The van der Waals surface area contributed by atoms with Gasteiger partial charge in [-0.2, -0.15) is 13.2 Å². The molecule has 0 spiro atoms. The van der Waals surface area contributed by atoms with Crippen LogP contribution in [-0.4, -0.2) is 68.5 Å². The van der Waals surface area contributed by atoms with E-state index in [4.69, 9.17) is 4.74 Å². The Hall–Kier alpha value is -0.290. The Morgan fingerprint density at radius 2 is 1.96 bits per heavy atom. The monoisotopic (exact) mass is 506 g/mol. The Morgan fingerprint density at radius 3 is 2.52 bits per heavy atom. The van der Waals surface area contributed by atoms with E-state index in [-0.39, 0.29) is 29.6 Å². The van der Waals surface area contributed by atoms with Crippen molar-refractivity contribution in [1.29, 1.82) is 0 Å². The van der Waals surface area contributed by atoms with E-state index in [0.29, 0.717) is 25.6 Å². The minimum atomic E-state index is -4.09. The number of hydrogen-bond acceptors (Lipinski definition) is 3. The molecule has 0 bridgehead atoms. The van der Waals surface area contributed by atoms with E-state index in [1.807, 2.05) is 6.92 Å². The van der Waals surface area contributed by atoms with Gasteiger partial charge in [0.05, 0.1) is 18.7 Å². The number of nitrogens with zero attached hydrogens (tertiary/aromatic N) is 2. The van der Waals surface area contributed by atoms with Crippen molar-refractivity contribution >= 4 is 29.9 Å². The molecule has 2 fully saturated rings. The number of aliphatic imine (C=N–C) groups is 1. The maximum Gasteiger partial charge on any atom is 0.401 e. The first-order valence-electron chi connectivity index (χ1n) is 9.75. The van der Waals surface area contributed by atoms with Crippen molar-refractivity contribution < 1.29 is 17.9 Å². The minimum absolute atomic E-state index is 0. The highest BCUT2D eigenvalue weighted by molar-refractivity contribution is 14.0. The Morgan fingerprint density at radius 1 is 1.26 bits per heavy atom. The number of hydrogen-bond donors (Lipinski definition) is 2. The molecule has 2 rings (SSSR count). The highest BCUT2D eigenvalue weighted by Crippen LogP contribution is 2.25. The first-order valence-corrected chi connectivity index (χ1v) is 9.75. The quantitative estimate of drug-likeness (QED) is 0.316. The molecule has 2 N–H and O–H groups in total. The third kappa shape index (κ3) is 9.65. The molecule has 0 aromatic heterocycles. The predicted octanol–water partition coefficient (Wildman–Crippen LogP) is 3.39. The molecule has 9 heteroatoms. The zero-order valence-electron chi connectivity index (χ0n) is 16.4. The number of rotatable bonds is 7. The summed E-state index contributed by atoms with van der Waals surface area (Å²) in [6, 6.07) is 0. The van der Waals surface area contributed by atoms with Gasteiger partial charge in [-0.3, -0.25) is 9.89 Å². The van der Waals surface area contributed by atoms with Crippen LogP contribution in [0.4, 0.5) is 13.2 Å². The molecule has 2 aliphatic heterocycles. The number of guanidine groups is 1. The fraction of sp³-hybridized carbons (Fsp3) is 0.944. The fourth-order valence-corrected chi connectivity index (χ4v) is 3.63. The van der Waals surface area contributed by atoms with Crippen LogP contribution in [0, 0.1) is 5.92 Å². The molecule has 0 aliphatic carbocycles. The normalized spacial score (nSPS) is 25.3. The van der Waals surface area contributed by atoms with E-state index < -0.39 is 12.7 Å². The van der Waals surface area contributed by atoms with E-state index in [9.17, 15) is 13.2 Å². The van der Waals surface area contributed by atoms with Gasteiger partial charge in [0.1, 0.15) is 0 Å². The summed E-state index contributed by atoms with van der Waals surface area (Å²) >= 11 is 0. The summed E-state index contributed by atoms with van der Waals surface area (Å²) < 4.78 is 43.1. The summed E-state index contributed by atoms with van der Waals surface area (Å²) in [6.45, 7) is 7.44. The smallest absolute Gasteiger partial charge is 0.373 e. The van der Waals surface area contributed by atoms with Crippen molar-refractivity contribution in [2.75, 3.05) is 45.9 Å². The molecule has 0 aromatic rings. The number of nitrogens with one attached hydrogen (secondary N) is 2. The minimum Gasteiger partial charge on any atom is -0.373 e. The second kappa shape index (κ2) is 11.6. The topological polar surface area (TPSA) is 48.9 Å². The highest BCUT2D eigenvalue weighted by atomic mass is 127. The second-order valence-electron chi connectivity index (χ2n) is 7.65. The van der Waals surface area contributed by atoms with Crippen LogP contribution >= 0.6 is 24.0 Å². The van der Waals surface area contributed by atoms with E-state index in [0.717, 1.165) is 57.8 Å². The summed E-state index contributed by atoms with van der Waals surface area (Å²) in [6.07, 6.45) is 0.646. The largest absolute Gasteiger partial charge is 0.401 e. The van der Waals surface area contributed by atoms with E-state index >= 15 is 0 Å². The lowest BCUT2D eigenvalue weighted by molar-refractivity contribution is -0.148. The van der Waals surface area contributed by atoms with Gasteiger partial charge < -0.3 is 15.4 Å². The van der Waals surface area contributed by atoms with E-state index in [1.54, 1.807) is 0 Å². The maximum absolute atomic E-state index is 12.4. The average Bonchev–Trinajstić information content (AvgIpc) is 3.00. The average molecular weight is 506 g/mol. The Balaban J connectivity index is 0.00000364. The number of piperidine rings is 1. The van der Waals surface area contributed by atoms with E-state index in [1.165, 1.54) is 4.90 Å². The molecule has 0 aromatic carbocycles. The van der Waals surface area contributed by atoms with Gasteiger partial charge in [0.15, 0.2) is 5.96 Å². The zero-order valence-corrected chi connectivity index (χ0v) is 18.7. The van der Waals surface area contributed by atoms with Crippen molar-refractivity contribution in [3.05, 3.63) is 0 Å². The second-order valence-corrected chi connectivity index (χ2v) is 7.65. The SMILES string of the molecule is CCNC(=NCC1(C)CCCO1)NCCC1CCN(CC(F)(F)F)CC1.I. The Labute approximate surface area is 177 Å². The van der Waals surface area contributed by atoms with Gasteiger partial charge in [0.2, 0.25) is 0 Å². The van der Waals surface area contributed by atoms with Gasteiger partial charge in [-0.1, -0.05) is 0 Å². The van der Waals surface area contributed by atoms with Crippen molar-refractivity contribution in [3.8, 4) is 0 Å². The first kappa shape index (κ1) is 24.7.